The van der Waals surface area contributed by atoms with Crippen LogP contribution in [0.5, 0.6) is 0 Å². The number of hydrogen-bond acceptors (Lipinski definition) is 4. The molecule has 8 heteroatoms. The summed E-state index contributed by atoms with van der Waals surface area (Å²) in [5, 5.41) is 3.56. The summed E-state index contributed by atoms with van der Waals surface area (Å²) in [7, 11) is 0. The highest BCUT2D eigenvalue weighted by Crippen LogP contribution is 2.21. The predicted octanol–water partition coefficient (Wildman–Crippen LogP) is 1.09. The van der Waals surface area contributed by atoms with E-state index in [2.05, 4.69) is 31.2 Å². The first kappa shape index (κ1) is 15.0. The van der Waals surface area contributed by atoms with Crippen LogP contribution in [-0.4, -0.2) is 40.5 Å². The number of halogens is 1. The minimum absolute atomic E-state index is 0.184. The Morgan fingerprint density at radius 1 is 1.50 bits per heavy atom. The van der Waals surface area contributed by atoms with Crippen LogP contribution in [-0.2, 0) is 9.53 Å². The maximum Gasteiger partial charge on any atom is 0.253 e. The number of aromatic amines is 1. The molecule has 2 aromatic rings. The number of H-pyrrole nitrogens is 1. The largest absolute Gasteiger partial charge is 0.367 e. The Morgan fingerprint density at radius 3 is 3.05 bits per heavy atom. The fourth-order valence-corrected chi connectivity index (χ4v) is 2.86. The van der Waals surface area contributed by atoms with E-state index in [0.29, 0.717) is 30.6 Å². The molecule has 1 aliphatic heterocycles. The molecule has 2 atom stereocenters. The Hall–Kier alpha value is -1.93. The van der Waals surface area contributed by atoms with Crippen molar-refractivity contribution < 1.29 is 14.3 Å². The number of aromatic nitrogens is 2. The van der Waals surface area contributed by atoms with Crippen LogP contribution in [0.2, 0.25) is 0 Å². The second-order valence-electron chi connectivity index (χ2n) is 5.19. The quantitative estimate of drug-likeness (QED) is 0.751. The molecule has 4 N–H and O–H groups in total. The van der Waals surface area contributed by atoms with Crippen molar-refractivity contribution in [2.45, 2.75) is 25.0 Å². The molecule has 2 aromatic heterocycles. The van der Waals surface area contributed by atoms with Crippen LogP contribution in [0.4, 0.5) is 0 Å². The number of hydrogen-bond donors (Lipinski definition) is 3. The van der Waals surface area contributed by atoms with Gasteiger partial charge in [0, 0.05) is 28.8 Å². The molecule has 22 heavy (non-hydrogen) atoms. The van der Waals surface area contributed by atoms with Gasteiger partial charge in [-0.1, -0.05) is 0 Å². The molecule has 2 amide bonds. The molecule has 0 radical (unpaired) electrons. The Bertz CT molecular complexity index is 730. The van der Waals surface area contributed by atoms with Crippen molar-refractivity contribution in [2.24, 2.45) is 5.73 Å². The first-order chi connectivity index (χ1) is 10.5. The molecule has 0 bridgehead atoms. The summed E-state index contributed by atoms with van der Waals surface area (Å²) in [5.41, 5.74) is 6.38. The molecular weight excluding hydrogens is 352 g/mol. The van der Waals surface area contributed by atoms with Gasteiger partial charge in [-0.3, -0.25) is 9.59 Å². The summed E-state index contributed by atoms with van der Waals surface area (Å²) in [6.07, 6.45) is 3.86. The summed E-state index contributed by atoms with van der Waals surface area (Å²) in [5.74, 6) is -0.668. The lowest BCUT2D eigenvalue weighted by Crippen LogP contribution is -2.34. The second kappa shape index (κ2) is 6.05. The number of primary amides is 1. The van der Waals surface area contributed by atoms with Crippen molar-refractivity contribution in [3.8, 4) is 0 Å². The minimum Gasteiger partial charge on any atom is -0.367 e. The molecule has 2 unspecified atom stereocenters. The molecule has 0 aliphatic carbocycles. The zero-order valence-electron chi connectivity index (χ0n) is 11.6. The number of pyridine rings is 1. The molecule has 0 saturated carbocycles. The van der Waals surface area contributed by atoms with E-state index < -0.39 is 12.0 Å². The molecule has 0 spiro atoms. The summed E-state index contributed by atoms with van der Waals surface area (Å²) in [4.78, 5) is 30.5. The molecule has 116 valence electrons. The third-order valence-electron chi connectivity index (χ3n) is 3.66. The molecular formula is C14H15BrN4O3. The first-order valence-corrected chi connectivity index (χ1v) is 7.69. The number of nitrogens with zero attached hydrogens (tertiary/aromatic N) is 1. The van der Waals surface area contributed by atoms with Crippen molar-refractivity contribution in [3.63, 3.8) is 0 Å². The van der Waals surface area contributed by atoms with Gasteiger partial charge in [0.2, 0.25) is 5.91 Å². The van der Waals surface area contributed by atoms with Crippen molar-refractivity contribution in [3.05, 3.63) is 28.5 Å². The van der Waals surface area contributed by atoms with E-state index >= 15 is 0 Å². The SMILES string of the molecule is NC(=O)C1CCC(CNC(=O)c2c[nH]c3ncc(Br)cc23)O1. The molecule has 1 fully saturated rings. The van der Waals surface area contributed by atoms with Gasteiger partial charge >= 0.3 is 0 Å². The number of nitrogens with two attached hydrogens (primary N) is 1. The summed E-state index contributed by atoms with van der Waals surface area (Å²) in [6, 6.07) is 1.84. The lowest BCUT2D eigenvalue weighted by Gasteiger charge is -2.12. The van der Waals surface area contributed by atoms with E-state index in [4.69, 9.17) is 10.5 Å². The second-order valence-corrected chi connectivity index (χ2v) is 6.10. The van der Waals surface area contributed by atoms with Crippen molar-refractivity contribution in [1.82, 2.24) is 15.3 Å². The fraction of sp³-hybridized carbons (Fsp3) is 0.357. The first-order valence-electron chi connectivity index (χ1n) is 6.90. The van der Waals surface area contributed by atoms with E-state index in [1.165, 1.54) is 0 Å². The van der Waals surface area contributed by atoms with Gasteiger partial charge in [0.05, 0.1) is 11.7 Å². The third kappa shape index (κ3) is 2.97. The number of rotatable bonds is 4. The summed E-state index contributed by atoms with van der Waals surface area (Å²) < 4.78 is 6.28. The molecule has 1 aliphatic rings. The summed E-state index contributed by atoms with van der Waals surface area (Å²) >= 11 is 3.34. The highest BCUT2D eigenvalue weighted by atomic mass is 79.9. The molecule has 7 nitrogen and oxygen atoms in total. The number of nitrogens with one attached hydrogen (secondary N) is 2. The average Bonchev–Trinajstić information content (AvgIpc) is 3.11. The van der Waals surface area contributed by atoms with E-state index in [1.54, 1.807) is 12.4 Å². The Labute approximate surface area is 134 Å². The highest BCUT2D eigenvalue weighted by Gasteiger charge is 2.29. The topological polar surface area (TPSA) is 110 Å². The lowest BCUT2D eigenvalue weighted by atomic mass is 10.2. The molecule has 0 aromatic carbocycles. The Kier molecular flexibility index (Phi) is 4.12. The average molecular weight is 367 g/mol. The normalized spacial score (nSPS) is 21.1. The van der Waals surface area contributed by atoms with Crippen LogP contribution < -0.4 is 11.1 Å². The predicted molar refractivity (Wildman–Crippen MR) is 83.2 cm³/mol. The fourth-order valence-electron chi connectivity index (χ4n) is 2.53. The van der Waals surface area contributed by atoms with Gasteiger partial charge in [-0.15, -0.1) is 0 Å². The van der Waals surface area contributed by atoms with E-state index in [1.807, 2.05) is 6.07 Å². The van der Waals surface area contributed by atoms with Crippen LogP contribution in [0, 0.1) is 0 Å². The smallest absolute Gasteiger partial charge is 0.253 e. The van der Waals surface area contributed by atoms with E-state index in [9.17, 15) is 9.59 Å². The van der Waals surface area contributed by atoms with Crippen LogP contribution >= 0.6 is 15.9 Å². The number of ether oxygens (including phenoxy) is 1. The molecule has 3 rings (SSSR count). The lowest BCUT2D eigenvalue weighted by molar-refractivity contribution is -0.128. The van der Waals surface area contributed by atoms with Crippen LogP contribution in [0.25, 0.3) is 11.0 Å². The van der Waals surface area contributed by atoms with Gasteiger partial charge in [-0.25, -0.2) is 4.98 Å². The number of carbonyl (C=O) groups is 2. The van der Waals surface area contributed by atoms with Gasteiger partial charge in [0.15, 0.2) is 0 Å². The van der Waals surface area contributed by atoms with E-state index in [-0.39, 0.29) is 12.0 Å². The molecule has 1 saturated heterocycles. The van der Waals surface area contributed by atoms with Crippen molar-refractivity contribution in [1.29, 1.82) is 0 Å². The van der Waals surface area contributed by atoms with Crippen molar-refractivity contribution >= 4 is 38.8 Å². The third-order valence-corrected chi connectivity index (χ3v) is 4.09. The van der Waals surface area contributed by atoms with Crippen molar-refractivity contribution in [2.75, 3.05) is 6.54 Å². The number of carbonyl (C=O) groups excluding carboxylic acids is 2. The standard InChI is InChI=1S/C14H15BrN4O3/c15-7-3-9-10(6-18-13(9)17-4-7)14(21)19-5-8-1-2-11(22-8)12(16)20/h3-4,6,8,11H,1-2,5H2,(H2,16,20)(H,17,18)(H,19,21). The Balaban J connectivity index is 1.64. The highest BCUT2D eigenvalue weighted by molar-refractivity contribution is 9.10. The van der Waals surface area contributed by atoms with Gasteiger partial charge in [-0.2, -0.15) is 0 Å². The maximum atomic E-state index is 12.3. The van der Waals surface area contributed by atoms with Crippen LogP contribution in [0.3, 0.4) is 0 Å². The van der Waals surface area contributed by atoms with Crippen LogP contribution in [0.15, 0.2) is 22.9 Å². The minimum atomic E-state index is -0.546. The zero-order chi connectivity index (χ0) is 15.7. The van der Waals surface area contributed by atoms with Gasteiger partial charge in [0.25, 0.3) is 5.91 Å². The number of fused-ring (bicyclic) bond motifs is 1. The van der Waals surface area contributed by atoms with Gasteiger partial charge in [-0.05, 0) is 34.8 Å². The summed E-state index contributed by atoms with van der Waals surface area (Å²) in [6.45, 7) is 0.344. The Morgan fingerprint density at radius 2 is 2.32 bits per heavy atom. The molecule has 3 heterocycles. The maximum absolute atomic E-state index is 12.3. The number of amides is 2. The van der Waals surface area contributed by atoms with Gasteiger partial charge in [0.1, 0.15) is 11.8 Å². The van der Waals surface area contributed by atoms with Gasteiger partial charge < -0.3 is 20.8 Å². The zero-order valence-corrected chi connectivity index (χ0v) is 13.2. The van der Waals surface area contributed by atoms with E-state index in [0.717, 1.165) is 9.86 Å². The monoisotopic (exact) mass is 366 g/mol. The van der Waals surface area contributed by atoms with Crippen LogP contribution in [0.1, 0.15) is 23.2 Å².